The summed E-state index contributed by atoms with van der Waals surface area (Å²) in [6.07, 6.45) is 0. The molecule has 0 saturated carbocycles. The lowest BCUT2D eigenvalue weighted by Gasteiger charge is -2.24. The smallest absolute Gasteiger partial charge is 0.123 e. The Balaban J connectivity index is 2.97. The summed E-state index contributed by atoms with van der Waals surface area (Å²) in [7, 11) is 1.65. The van der Waals surface area contributed by atoms with E-state index in [1.165, 1.54) is 0 Å². The normalized spacial score (nSPS) is 12.9. The molecule has 0 aliphatic rings. The fraction of sp³-hybridized carbons (Fsp3) is 0.533. The zero-order valence-electron chi connectivity index (χ0n) is 12.4. The van der Waals surface area contributed by atoms with Gasteiger partial charge in [-0.3, -0.25) is 5.41 Å². The van der Waals surface area contributed by atoms with Crippen LogP contribution in [-0.4, -0.2) is 19.6 Å². The molecule has 0 bridgehead atoms. The maximum atomic E-state index is 7.38. The highest BCUT2D eigenvalue weighted by atomic mass is 16.5. The highest BCUT2D eigenvalue weighted by Crippen LogP contribution is 2.34. The van der Waals surface area contributed by atoms with Gasteiger partial charge in [-0.15, -0.1) is 0 Å². The van der Waals surface area contributed by atoms with Crippen LogP contribution < -0.4 is 15.2 Å². The fourth-order valence-corrected chi connectivity index (χ4v) is 1.65. The first-order chi connectivity index (χ1) is 8.75. The number of ether oxygens (including phenoxy) is 2. The highest BCUT2D eigenvalue weighted by molar-refractivity contribution is 5.79. The summed E-state index contributed by atoms with van der Waals surface area (Å²) < 4.78 is 11.1. The molecule has 1 rings (SSSR count). The molecule has 0 saturated heterocycles. The van der Waals surface area contributed by atoms with Crippen LogP contribution in [0, 0.1) is 11.3 Å². The lowest BCUT2D eigenvalue weighted by molar-refractivity contribution is 0.284. The van der Waals surface area contributed by atoms with Gasteiger partial charge in [-0.1, -0.05) is 27.7 Å². The molecule has 1 unspecified atom stereocenters. The first-order valence-electron chi connectivity index (χ1n) is 6.41. The first-order valence-corrected chi connectivity index (χ1v) is 6.41. The van der Waals surface area contributed by atoms with Crippen molar-refractivity contribution in [1.82, 2.24) is 0 Å². The quantitative estimate of drug-likeness (QED) is 0.634. The SMILES string of the molecule is COc1ccc(OCC(C)C(=N)N)c(C(C)(C)C)c1. The van der Waals surface area contributed by atoms with E-state index in [1.807, 2.05) is 25.1 Å². The summed E-state index contributed by atoms with van der Waals surface area (Å²) in [4.78, 5) is 0. The molecule has 4 nitrogen and oxygen atoms in total. The van der Waals surface area contributed by atoms with Crippen LogP contribution >= 0.6 is 0 Å². The van der Waals surface area contributed by atoms with Crippen molar-refractivity contribution in [2.75, 3.05) is 13.7 Å². The predicted octanol–water partition coefficient (Wildman–Crippen LogP) is 2.94. The Kier molecular flexibility index (Phi) is 4.81. The second kappa shape index (κ2) is 5.95. The van der Waals surface area contributed by atoms with E-state index >= 15 is 0 Å². The van der Waals surface area contributed by atoms with Gasteiger partial charge in [0.2, 0.25) is 0 Å². The molecular weight excluding hydrogens is 240 g/mol. The number of hydrogen-bond acceptors (Lipinski definition) is 3. The van der Waals surface area contributed by atoms with Crippen molar-refractivity contribution < 1.29 is 9.47 Å². The van der Waals surface area contributed by atoms with Gasteiger partial charge in [-0.05, 0) is 23.6 Å². The average molecular weight is 264 g/mol. The maximum Gasteiger partial charge on any atom is 0.123 e. The van der Waals surface area contributed by atoms with Gasteiger partial charge in [0.1, 0.15) is 11.5 Å². The molecule has 19 heavy (non-hydrogen) atoms. The van der Waals surface area contributed by atoms with Gasteiger partial charge in [-0.25, -0.2) is 0 Å². The van der Waals surface area contributed by atoms with Crippen LogP contribution in [0.15, 0.2) is 18.2 Å². The molecule has 3 N–H and O–H groups in total. The largest absolute Gasteiger partial charge is 0.497 e. The van der Waals surface area contributed by atoms with Crippen LogP contribution in [-0.2, 0) is 5.41 Å². The molecule has 0 amide bonds. The molecule has 1 aromatic rings. The number of nitrogens with two attached hydrogens (primary N) is 1. The van der Waals surface area contributed by atoms with Crippen LogP contribution in [0.25, 0.3) is 0 Å². The molecular formula is C15H24N2O2. The van der Waals surface area contributed by atoms with Crippen molar-refractivity contribution in [3.05, 3.63) is 23.8 Å². The van der Waals surface area contributed by atoms with E-state index in [0.717, 1.165) is 17.1 Å². The van der Waals surface area contributed by atoms with Crippen molar-refractivity contribution in [2.24, 2.45) is 11.7 Å². The van der Waals surface area contributed by atoms with Gasteiger partial charge < -0.3 is 15.2 Å². The minimum atomic E-state index is -0.0880. The standard InChI is InChI=1S/C15H24N2O2/c1-10(14(16)17)9-19-13-7-6-11(18-5)8-12(13)15(2,3)4/h6-8,10H,9H2,1-5H3,(H3,16,17). The lowest BCUT2D eigenvalue weighted by Crippen LogP contribution is -2.25. The van der Waals surface area contributed by atoms with Gasteiger partial charge in [0, 0.05) is 11.5 Å². The van der Waals surface area contributed by atoms with E-state index < -0.39 is 0 Å². The Morgan fingerprint density at radius 1 is 1.37 bits per heavy atom. The number of hydrogen-bond donors (Lipinski definition) is 2. The van der Waals surface area contributed by atoms with E-state index in [9.17, 15) is 0 Å². The minimum Gasteiger partial charge on any atom is -0.497 e. The van der Waals surface area contributed by atoms with Gasteiger partial charge >= 0.3 is 0 Å². The number of benzene rings is 1. The molecule has 0 spiro atoms. The molecule has 0 aliphatic heterocycles. The van der Waals surface area contributed by atoms with Gasteiger partial charge in [0.25, 0.3) is 0 Å². The number of methoxy groups -OCH3 is 1. The van der Waals surface area contributed by atoms with Crippen molar-refractivity contribution in [1.29, 1.82) is 5.41 Å². The van der Waals surface area contributed by atoms with Crippen LogP contribution in [0.2, 0.25) is 0 Å². The Labute approximate surface area is 115 Å². The van der Waals surface area contributed by atoms with Crippen molar-refractivity contribution >= 4 is 5.84 Å². The average Bonchev–Trinajstić information content (AvgIpc) is 2.34. The van der Waals surface area contributed by atoms with Gasteiger partial charge in [-0.2, -0.15) is 0 Å². The van der Waals surface area contributed by atoms with E-state index in [1.54, 1.807) is 7.11 Å². The third-order valence-corrected chi connectivity index (χ3v) is 3.01. The van der Waals surface area contributed by atoms with E-state index in [4.69, 9.17) is 20.6 Å². The zero-order valence-corrected chi connectivity index (χ0v) is 12.4. The minimum absolute atomic E-state index is 0.0384. The molecule has 0 radical (unpaired) electrons. The Hall–Kier alpha value is -1.71. The summed E-state index contributed by atoms with van der Waals surface area (Å²) in [5.74, 6) is 1.69. The van der Waals surface area contributed by atoms with Crippen molar-refractivity contribution in [3.63, 3.8) is 0 Å². The van der Waals surface area contributed by atoms with Crippen LogP contribution in [0.3, 0.4) is 0 Å². The second-order valence-electron chi connectivity index (χ2n) is 5.78. The molecule has 1 aromatic carbocycles. The van der Waals surface area contributed by atoms with Crippen LogP contribution in [0.1, 0.15) is 33.3 Å². The fourth-order valence-electron chi connectivity index (χ4n) is 1.65. The third kappa shape index (κ3) is 4.16. The van der Waals surface area contributed by atoms with E-state index in [0.29, 0.717) is 6.61 Å². The zero-order chi connectivity index (χ0) is 14.6. The molecule has 0 fully saturated rings. The summed E-state index contributed by atoms with van der Waals surface area (Å²) in [5.41, 5.74) is 6.50. The molecule has 4 heteroatoms. The Morgan fingerprint density at radius 3 is 2.47 bits per heavy atom. The van der Waals surface area contributed by atoms with Gasteiger partial charge in [0.05, 0.1) is 19.6 Å². The van der Waals surface area contributed by atoms with Crippen molar-refractivity contribution in [2.45, 2.75) is 33.1 Å². The Morgan fingerprint density at radius 2 is 2.00 bits per heavy atom. The lowest BCUT2D eigenvalue weighted by atomic mass is 9.86. The molecule has 0 aliphatic carbocycles. The monoisotopic (exact) mass is 264 g/mol. The van der Waals surface area contributed by atoms with Crippen LogP contribution in [0.5, 0.6) is 11.5 Å². The predicted molar refractivity (Wildman–Crippen MR) is 78.3 cm³/mol. The number of rotatable bonds is 5. The summed E-state index contributed by atoms with van der Waals surface area (Å²) in [5, 5.41) is 7.38. The van der Waals surface area contributed by atoms with E-state index in [2.05, 4.69) is 20.8 Å². The summed E-state index contributed by atoms with van der Waals surface area (Å²) in [6, 6.07) is 5.78. The van der Waals surface area contributed by atoms with Gasteiger partial charge in [0.15, 0.2) is 0 Å². The maximum absolute atomic E-state index is 7.38. The highest BCUT2D eigenvalue weighted by Gasteiger charge is 2.20. The molecule has 0 aromatic heterocycles. The number of amidine groups is 1. The van der Waals surface area contributed by atoms with Crippen molar-refractivity contribution in [3.8, 4) is 11.5 Å². The molecule has 1 atom stereocenters. The Bertz CT molecular complexity index is 450. The summed E-state index contributed by atoms with van der Waals surface area (Å²) >= 11 is 0. The molecule has 106 valence electrons. The van der Waals surface area contributed by atoms with Crippen LogP contribution in [0.4, 0.5) is 0 Å². The first kappa shape index (κ1) is 15.3. The summed E-state index contributed by atoms with van der Waals surface area (Å²) in [6.45, 7) is 8.67. The third-order valence-electron chi connectivity index (χ3n) is 3.01. The second-order valence-corrected chi connectivity index (χ2v) is 5.78. The van der Waals surface area contributed by atoms with E-state index in [-0.39, 0.29) is 17.2 Å². The topological polar surface area (TPSA) is 68.3 Å². The molecule has 0 heterocycles. The number of nitrogens with one attached hydrogen (secondary N) is 1.